The van der Waals surface area contributed by atoms with Gasteiger partial charge in [-0.1, -0.05) is 0 Å². The first-order valence-corrected chi connectivity index (χ1v) is 15.9. The average molecular weight is 321 g/mol. The molecule has 1 unspecified atom stereocenters. The Hall–Kier alpha value is -0.261. The van der Waals surface area contributed by atoms with Gasteiger partial charge in [-0.05, 0) is 0 Å². The van der Waals surface area contributed by atoms with Crippen LogP contribution in [0.5, 0.6) is 0 Å². The molecule has 0 spiro atoms. The number of carbonyl (C=O) groups excluding carboxylic acids is 2. The summed E-state index contributed by atoms with van der Waals surface area (Å²) >= 11 is -1.91. The second-order valence-corrected chi connectivity index (χ2v) is 20.8. The van der Waals surface area contributed by atoms with Crippen LogP contribution in [0.25, 0.3) is 0 Å². The fraction of sp³-hybridized carbons (Fsp3) is 0.800. The Morgan fingerprint density at radius 1 is 1.20 bits per heavy atom. The van der Waals surface area contributed by atoms with Crippen LogP contribution in [0.15, 0.2) is 0 Å². The molecule has 15 heavy (non-hydrogen) atoms. The number of hydrogen-bond acceptors (Lipinski definition) is 2. The molecule has 0 aliphatic rings. The molecule has 0 bridgehead atoms. The summed E-state index contributed by atoms with van der Waals surface area (Å²) in [7, 11) is 0. The summed E-state index contributed by atoms with van der Waals surface area (Å²) in [6.45, 7) is 3.66. The Kier molecular flexibility index (Phi) is 6.24. The van der Waals surface area contributed by atoms with Gasteiger partial charge in [0.25, 0.3) is 0 Å². The van der Waals surface area contributed by atoms with E-state index in [9.17, 15) is 9.59 Å². The zero-order valence-electron chi connectivity index (χ0n) is 10.3. The first kappa shape index (κ1) is 14.7. The van der Waals surface area contributed by atoms with Crippen molar-refractivity contribution in [2.45, 2.75) is 39.5 Å². The van der Waals surface area contributed by atoms with Crippen LogP contribution >= 0.6 is 0 Å². The molecule has 0 fully saturated rings. The molecule has 0 aromatic carbocycles. The van der Waals surface area contributed by atoms with Crippen LogP contribution in [-0.4, -0.2) is 30.2 Å². The summed E-state index contributed by atoms with van der Waals surface area (Å²) in [4.78, 5) is 29.3. The monoisotopic (exact) mass is 322 g/mol. The van der Waals surface area contributed by atoms with E-state index >= 15 is 0 Å². The van der Waals surface area contributed by atoms with E-state index in [2.05, 4.69) is 25.7 Å². The van der Waals surface area contributed by atoms with E-state index in [-0.39, 0.29) is 17.7 Å². The van der Waals surface area contributed by atoms with E-state index in [4.69, 9.17) is 0 Å². The summed E-state index contributed by atoms with van der Waals surface area (Å²) in [5.41, 5.74) is 4.83. The van der Waals surface area contributed by atoms with Crippen LogP contribution in [-0.2, 0) is 9.59 Å². The maximum absolute atomic E-state index is 11.5. The summed E-state index contributed by atoms with van der Waals surface area (Å²) < 4.78 is 1.00. The van der Waals surface area contributed by atoms with E-state index < -0.39 is 18.4 Å². The Bertz CT molecular complexity index is 236. The van der Waals surface area contributed by atoms with Gasteiger partial charge in [0.1, 0.15) is 0 Å². The predicted molar refractivity (Wildman–Crippen MR) is 63.9 cm³/mol. The van der Waals surface area contributed by atoms with Gasteiger partial charge in [-0.25, -0.2) is 0 Å². The van der Waals surface area contributed by atoms with Crippen molar-refractivity contribution in [2.75, 3.05) is 0 Å². The predicted octanol–water partition coefficient (Wildman–Crippen LogP) is 1.52. The summed E-state index contributed by atoms with van der Waals surface area (Å²) in [6.07, 6.45) is 0.382. The van der Waals surface area contributed by atoms with Crippen molar-refractivity contribution in [3.05, 3.63) is 0 Å². The maximum atomic E-state index is 11.5. The van der Waals surface area contributed by atoms with Gasteiger partial charge >= 0.3 is 96.1 Å². The number of nitrogens with one attached hydrogen (secondary N) is 2. The third-order valence-electron chi connectivity index (χ3n) is 2.01. The zero-order valence-corrected chi connectivity index (χ0v) is 13.2. The molecule has 0 aliphatic heterocycles. The first-order valence-electron chi connectivity index (χ1n) is 5.35. The third kappa shape index (κ3) is 7.64. The van der Waals surface area contributed by atoms with Crippen molar-refractivity contribution < 1.29 is 9.59 Å². The number of hydrazine groups is 1. The molecule has 2 amide bonds. The molecule has 5 heteroatoms. The molecule has 0 rings (SSSR count). The van der Waals surface area contributed by atoms with Crippen LogP contribution < -0.4 is 10.9 Å². The minimum absolute atomic E-state index is 0.00189. The van der Waals surface area contributed by atoms with Crippen molar-refractivity contribution in [2.24, 2.45) is 5.92 Å². The van der Waals surface area contributed by atoms with Gasteiger partial charge in [0.2, 0.25) is 0 Å². The van der Waals surface area contributed by atoms with E-state index in [1.807, 2.05) is 6.92 Å². The molecule has 0 saturated heterocycles. The van der Waals surface area contributed by atoms with Crippen LogP contribution in [0.2, 0.25) is 19.3 Å². The van der Waals surface area contributed by atoms with E-state index in [1.165, 1.54) is 0 Å². The van der Waals surface area contributed by atoms with Crippen LogP contribution in [0.3, 0.4) is 0 Å². The molecule has 0 radical (unpaired) electrons. The summed E-state index contributed by atoms with van der Waals surface area (Å²) in [5, 5.41) is 0. The molecule has 1 atom stereocenters. The number of carbonyl (C=O) groups is 2. The van der Waals surface area contributed by atoms with Gasteiger partial charge in [0.05, 0.1) is 0 Å². The van der Waals surface area contributed by atoms with Gasteiger partial charge in [0.15, 0.2) is 0 Å². The molecule has 2 N–H and O–H groups in total. The van der Waals surface area contributed by atoms with Crippen molar-refractivity contribution in [1.82, 2.24) is 10.9 Å². The van der Waals surface area contributed by atoms with Crippen LogP contribution in [0, 0.1) is 5.92 Å². The average Bonchev–Trinajstić information content (AvgIpc) is 2.10. The topological polar surface area (TPSA) is 58.2 Å². The molecule has 4 nitrogen and oxygen atoms in total. The Morgan fingerprint density at radius 3 is 2.13 bits per heavy atom. The quantitative estimate of drug-likeness (QED) is 0.609. The van der Waals surface area contributed by atoms with Crippen molar-refractivity contribution >= 4 is 30.2 Å². The number of rotatable bonds is 4. The van der Waals surface area contributed by atoms with E-state index in [0.29, 0.717) is 6.42 Å². The van der Waals surface area contributed by atoms with Crippen LogP contribution in [0.1, 0.15) is 20.3 Å². The van der Waals surface area contributed by atoms with Gasteiger partial charge in [-0.2, -0.15) is 0 Å². The fourth-order valence-corrected chi connectivity index (χ4v) is 7.13. The van der Waals surface area contributed by atoms with Crippen molar-refractivity contribution in [3.8, 4) is 0 Å². The standard InChI is InChI=1S/C7H13N2O2.3CH3.Sn/c1-4-6(10)8-9-7(11)5(2)3;;;;/h5H,2,4H2,1,3H3,(H,8,10)(H,9,11);3*1H3;. The molecule has 0 heterocycles. The molecular formula is C10H22N2O2Sn. The molecule has 0 aromatic rings. The first-order chi connectivity index (χ1) is 6.76. The minimum atomic E-state index is -1.91. The fourth-order valence-electron chi connectivity index (χ4n) is 1.35. The summed E-state index contributed by atoms with van der Waals surface area (Å²) in [5.74, 6) is -0.240. The Balaban J connectivity index is 3.95. The molecule has 0 saturated carbocycles. The van der Waals surface area contributed by atoms with E-state index in [0.717, 1.165) is 4.44 Å². The second-order valence-electron chi connectivity index (χ2n) is 5.06. The molecule has 0 aromatic heterocycles. The molecular weight excluding hydrogens is 299 g/mol. The number of amides is 2. The third-order valence-corrected chi connectivity index (χ3v) is 7.26. The Morgan fingerprint density at radius 2 is 1.73 bits per heavy atom. The van der Waals surface area contributed by atoms with Crippen LogP contribution in [0.4, 0.5) is 0 Å². The normalized spacial score (nSPS) is 13.1. The van der Waals surface area contributed by atoms with Gasteiger partial charge < -0.3 is 0 Å². The van der Waals surface area contributed by atoms with Crippen molar-refractivity contribution in [3.63, 3.8) is 0 Å². The second kappa shape index (κ2) is 6.35. The molecule has 88 valence electrons. The van der Waals surface area contributed by atoms with Crippen molar-refractivity contribution in [1.29, 1.82) is 0 Å². The van der Waals surface area contributed by atoms with E-state index in [1.54, 1.807) is 6.92 Å². The molecule has 0 aliphatic carbocycles. The zero-order chi connectivity index (χ0) is 12.1. The van der Waals surface area contributed by atoms with Gasteiger partial charge in [-0.15, -0.1) is 0 Å². The van der Waals surface area contributed by atoms with Gasteiger partial charge in [0, 0.05) is 0 Å². The Labute approximate surface area is 96.0 Å². The van der Waals surface area contributed by atoms with Gasteiger partial charge in [-0.3, -0.25) is 0 Å². The summed E-state index contributed by atoms with van der Waals surface area (Å²) in [6, 6.07) is 0. The number of hydrogen-bond donors (Lipinski definition) is 2. The SMILES string of the molecule is CCC(=O)NNC(=O)C(C)[CH2][Sn]([CH3])([CH3])[CH3].